The number of carbonyl (C=O) groups is 1. The predicted octanol–water partition coefficient (Wildman–Crippen LogP) is 3.85. The molecule has 23 heavy (non-hydrogen) atoms. The maximum Gasteiger partial charge on any atom is 0.262 e. The van der Waals surface area contributed by atoms with Crippen LogP contribution in [0.3, 0.4) is 0 Å². The smallest absolute Gasteiger partial charge is 0.262 e. The van der Waals surface area contributed by atoms with E-state index in [0.717, 1.165) is 24.3 Å². The lowest BCUT2D eigenvalue weighted by Gasteiger charge is -2.30. The molecule has 1 aliphatic carbocycles. The lowest BCUT2D eigenvalue weighted by atomic mass is 10.1. The van der Waals surface area contributed by atoms with Gasteiger partial charge in [0.2, 0.25) is 0 Å². The fourth-order valence-electron chi connectivity index (χ4n) is 2.85. The Hall–Kier alpha value is -2.49. The molecule has 0 saturated heterocycles. The summed E-state index contributed by atoms with van der Waals surface area (Å²) in [5.74, 6) is 1.11. The first kappa shape index (κ1) is 15.4. The minimum absolute atomic E-state index is 0.0130. The van der Waals surface area contributed by atoms with Crippen molar-refractivity contribution in [3.8, 4) is 11.5 Å². The van der Waals surface area contributed by atoms with Gasteiger partial charge in [-0.15, -0.1) is 0 Å². The Morgan fingerprint density at radius 1 is 1.17 bits per heavy atom. The largest absolute Gasteiger partial charge is 0.507 e. The fraction of sp³-hybridized carbons (Fsp3) is 0.316. The number of anilines is 1. The number of para-hydroxylation sites is 1. The molecule has 0 radical (unpaired) electrons. The van der Waals surface area contributed by atoms with Crippen LogP contribution in [0, 0.1) is 5.92 Å². The number of hydrogen-bond donors (Lipinski definition) is 1. The van der Waals surface area contributed by atoms with Crippen molar-refractivity contribution in [3.05, 3.63) is 54.1 Å². The summed E-state index contributed by atoms with van der Waals surface area (Å²) < 4.78 is 5.19. The maximum absolute atomic E-state index is 13.0. The summed E-state index contributed by atoms with van der Waals surface area (Å²) in [5.41, 5.74) is 1.15. The van der Waals surface area contributed by atoms with E-state index < -0.39 is 0 Å². The highest BCUT2D eigenvalue weighted by Gasteiger charge is 2.36. The summed E-state index contributed by atoms with van der Waals surface area (Å²) in [4.78, 5) is 14.8. The molecule has 1 aliphatic rings. The van der Waals surface area contributed by atoms with Gasteiger partial charge in [-0.25, -0.2) is 0 Å². The number of aromatic hydroxyl groups is 1. The second kappa shape index (κ2) is 6.32. The molecule has 1 atom stereocenters. The Bertz CT molecular complexity index is 692. The van der Waals surface area contributed by atoms with Crippen LogP contribution in [0.2, 0.25) is 0 Å². The van der Waals surface area contributed by atoms with Crippen LogP contribution in [0.5, 0.6) is 11.5 Å². The Morgan fingerprint density at radius 2 is 1.83 bits per heavy atom. The summed E-state index contributed by atoms with van der Waals surface area (Å²) in [7, 11) is 1.62. The molecular weight excluding hydrogens is 290 g/mol. The average molecular weight is 311 g/mol. The molecule has 2 aromatic carbocycles. The molecule has 3 rings (SSSR count). The van der Waals surface area contributed by atoms with Crippen LogP contribution in [-0.4, -0.2) is 24.2 Å². The van der Waals surface area contributed by atoms with Crippen LogP contribution in [0.25, 0.3) is 0 Å². The van der Waals surface area contributed by atoms with Crippen molar-refractivity contribution >= 4 is 11.6 Å². The number of nitrogens with zero attached hydrogens (tertiary/aromatic N) is 1. The van der Waals surface area contributed by atoms with Gasteiger partial charge in [-0.2, -0.15) is 0 Å². The monoisotopic (exact) mass is 311 g/mol. The molecule has 0 bridgehead atoms. The van der Waals surface area contributed by atoms with Gasteiger partial charge in [0, 0.05) is 11.7 Å². The first-order valence-corrected chi connectivity index (χ1v) is 7.87. The van der Waals surface area contributed by atoms with E-state index in [0.29, 0.717) is 11.5 Å². The minimum atomic E-state index is -0.173. The van der Waals surface area contributed by atoms with E-state index in [1.165, 1.54) is 0 Å². The van der Waals surface area contributed by atoms with E-state index in [1.807, 2.05) is 24.3 Å². The van der Waals surface area contributed by atoms with Gasteiger partial charge in [0.15, 0.2) is 0 Å². The Morgan fingerprint density at radius 3 is 2.39 bits per heavy atom. The van der Waals surface area contributed by atoms with Gasteiger partial charge in [-0.05, 0) is 62.1 Å². The molecule has 0 spiro atoms. The Labute approximate surface area is 136 Å². The van der Waals surface area contributed by atoms with Crippen molar-refractivity contribution in [3.63, 3.8) is 0 Å². The van der Waals surface area contributed by atoms with Gasteiger partial charge in [0.25, 0.3) is 5.91 Å². The molecule has 1 saturated carbocycles. The highest BCUT2D eigenvalue weighted by molar-refractivity contribution is 6.08. The number of methoxy groups -OCH3 is 1. The van der Waals surface area contributed by atoms with Gasteiger partial charge in [0.05, 0.1) is 12.7 Å². The summed E-state index contributed by atoms with van der Waals surface area (Å²) in [5, 5.41) is 10.0. The second-order valence-electron chi connectivity index (χ2n) is 5.97. The summed E-state index contributed by atoms with van der Waals surface area (Å²) in [6, 6.07) is 14.2. The van der Waals surface area contributed by atoms with E-state index in [2.05, 4.69) is 6.92 Å². The summed E-state index contributed by atoms with van der Waals surface area (Å²) in [6.45, 7) is 2.07. The number of amides is 1. The van der Waals surface area contributed by atoms with Crippen molar-refractivity contribution in [2.24, 2.45) is 5.92 Å². The van der Waals surface area contributed by atoms with Crippen LogP contribution in [-0.2, 0) is 0 Å². The zero-order chi connectivity index (χ0) is 16.4. The van der Waals surface area contributed by atoms with Gasteiger partial charge >= 0.3 is 0 Å². The molecule has 1 amide bonds. The van der Waals surface area contributed by atoms with Crippen LogP contribution in [0.4, 0.5) is 5.69 Å². The number of ether oxygens (including phenoxy) is 1. The third-order valence-corrected chi connectivity index (χ3v) is 4.42. The molecule has 1 unspecified atom stereocenters. The summed E-state index contributed by atoms with van der Waals surface area (Å²) >= 11 is 0. The molecule has 4 nitrogen and oxygen atoms in total. The maximum atomic E-state index is 13.0. The topological polar surface area (TPSA) is 49.8 Å². The van der Waals surface area contributed by atoms with Gasteiger partial charge in [0.1, 0.15) is 11.5 Å². The van der Waals surface area contributed by atoms with E-state index >= 15 is 0 Å². The Kier molecular flexibility index (Phi) is 4.24. The van der Waals surface area contributed by atoms with Crippen molar-refractivity contribution in [1.82, 2.24) is 0 Å². The zero-order valence-corrected chi connectivity index (χ0v) is 13.4. The molecule has 1 N–H and O–H groups in total. The van der Waals surface area contributed by atoms with E-state index in [9.17, 15) is 9.90 Å². The van der Waals surface area contributed by atoms with Crippen LogP contribution >= 0.6 is 0 Å². The Balaban J connectivity index is 1.97. The van der Waals surface area contributed by atoms with Crippen molar-refractivity contribution in [1.29, 1.82) is 0 Å². The van der Waals surface area contributed by atoms with Crippen molar-refractivity contribution in [2.45, 2.75) is 25.8 Å². The molecular formula is C19H21NO3. The molecule has 1 fully saturated rings. The molecule has 120 valence electrons. The minimum Gasteiger partial charge on any atom is -0.507 e. The number of carbonyl (C=O) groups excluding carboxylic acids is 1. The number of hydrogen-bond acceptors (Lipinski definition) is 3. The van der Waals surface area contributed by atoms with E-state index in [4.69, 9.17) is 4.74 Å². The van der Waals surface area contributed by atoms with E-state index in [1.54, 1.807) is 36.3 Å². The first-order valence-electron chi connectivity index (χ1n) is 7.87. The highest BCUT2D eigenvalue weighted by Crippen LogP contribution is 2.38. The number of rotatable bonds is 5. The molecule has 0 heterocycles. The molecule has 4 heteroatoms. The zero-order valence-electron chi connectivity index (χ0n) is 13.4. The molecule has 2 aromatic rings. The lowest BCUT2D eigenvalue weighted by Crippen LogP contribution is -2.40. The number of phenols is 1. The quantitative estimate of drug-likeness (QED) is 0.912. The molecule has 0 aromatic heterocycles. The highest BCUT2D eigenvalue weighted by atomic mass is 16.5. The molecule has 0 aliphatic heterocycles. The van der Waals surface area contributed by atoms with Crippen molar-refractivity contribution < 1.29 is 14.6 Å². The lowest BCUT2D eigenvalue weighted by molar-refractivity contribution is 0.0973. The van der Waals surface area contributed by atoms with Crippen molar-refractivity contribution in [2.75, 3.05) is 12.0 Å². The first-order chi connectivity index (χ1) is 11.1. The van der Waals surface area contributed by atoms with Crippen LogP contribution < -0.4 is 9.64 Å². The number of benzene rings is 2. The fourth-order valence-corrected chi connectivity index (χ4v) is 2.85. The average Bonchev–Trinajstić information content (AvgIpc) is 3.41. The second-order valence-corrected chi connectivity index (χ2v) is 5.97. The third kappa shape index (κ3) is 3.16. The van der Waals surface area contributed by atoms with Gasteiger partial charge in [-0.1, -0.05) is 12.1 Å². The van der Waals surface area contributed by atoms with E-state index in [-0.39, 0.29) is 17.7 Å². The van der Waals surface area contributed by atoms with Gasteiger partial charge in [-0.3, -0.25) is 4.79 Å². The van der Waals surface area contributed by atoms with Crippen LogP contribution in [0.1, 0.15) is 30.1 Å². The predicted molar refractivity (Wildman–Crippen MR) is 90.1 cm³/mol. The number of phenolic OH excluding ortho intramolecular Hbond substituents is 1. The summed E-state index contributed by atoms with van der Waals surface area (Å²) in [6.07, 6.45) is 2.28. The standard InChI is InChI=1S/C19H21NO3/c1-13(14-7-8-14)20(15-9-11-16(23-2)12-10-15)19(22)17-5-3-4-6-18(17)21/h3-6,9-14,21H,7-8H2,1-2H3. The van der Waals surface area contributed by atoms with Gasteiger partial charge < -0.3 is 14.7 Å². The SMILES string of the molecule is COc1ccc(N(C(=O)c2ccccc2O)C(C)C2CC2)cc1. The third-order valence-electron chi connectivity index (χ3n) is 4.42. The van der Waals surface area contributed by atoms with Crippen LogP contribution in [0.15, 0.2) is 48.5 Å². The normalized spacial score (nSPS) is 15.0.